The third-order valence-corrected chi connectivity index (χ3v) is 3.03. The van der Waals surface area contributed by atoms with Crippen LogP contribution in [0.2, 0.25) is 0 Å². The largest absolute Gasteiger partial charge is 0.480 e. The van der Waals surface area contributed by atoms with Gasteiger partial charge in [-0.05, 0) is 17.2 Å². The molecule has 0 radical (unpaired) electrons. The number of halogens is 1. The molecule has 0 spiro atoms. The maximum Gasteiger partial charge on any atom is 0.408 e. The Morgan fingerprint density at radius 2 is 1.91 bits per heavy atom. The molecule has 0 aliphatic heterocycles. The predicted octanol–water partition coefficient (Wildman–Crippen LogP) is 2.14. The molecule has 7 heteroatoms. The summed E-state index contributed by atoms with van der Waals surface area (Å²) >= 11 is 0. The van der Waals surface area contributed by atoms with Gasteiger partial charge in [0.15, 0.2) is 0 Å². The molecule has 2 N–H and O–H groups in total. The first kappa shape index (κ1) is 16.4. The van der Waals surface area contributed by atoms with Gasteiger partial charge in [-0.25, -0.2) is 14.6 Å². The first-order valence-corrected chi connectivity index (χ1v) is 6.85. The smallest absolute Gasteiger partial charge is 0.408 e. The number of ether oxygens (including phenoxy) is 1. The van der Waals surface area contributed by atoms with Crippen molar-refractivity contribution in [2.45, 2.75) is 19.1 Å². The molecule has 1 unspecified atom stereocenters. The zero-order valence-electron chi connectivity index (χ0n) is 12.1. The van der Waals surface area contributed by atoms with Crippen LogP contribution in [0.1, 0.15) is 11.1 Å². The Labute approximate surface area is 131 Å². The minimum Gasteiger partial charge on any atom is -0.480 e. The first-order valence-electron chi connectivity index (χ1n) is 6.85. The van der Waals surface area contributed by atoms with Crippen LogP contribution in [0.25, 0.3) is 0 Å². The van der Waals surface area contributed by atoms with E-state index in [-0.39, 0.29) is 13.0 Å². The number of pyridine rings is 1. The lowest BCUT2D eigenvalue weighted by atomic mass is 10.1. The molecule has 0 saturated carbocycles. The van der Waals surface area contributed by atoms with E-state index < -0.39 is 24.1 Å². The number of benzene rings is 1. The topological polar surface area (TPSA) is 88.5 Å². The second kappa shape index (κ2) is 7.88. The van der Waals surface area contributed by atoms with Crippen LogP contribution in [0.4, 0.5) is 9.18 Å². The molecule has 0 aliphatic rings. The van der Waals surface area contributed by atoms with E-state index in [2.05, 4.69) is 10.3 Å². The number of aromatic nitrogens is 1. The fourth-order valence-electron chi connectivity index (χ4n) is 1.87. The normalized spacial score (nSPS) is 11.5. The van der Waals surface area contributed by atoms with Crippen molar-refractivity contribution in [3.8, 4) is 0 Å². The van der Waals surface area contributed by atoms with Gasteiger partial charge >= 0.3 is 12.1 Å². The highest BCUT2D eigenvalue weighted by molar-refractivity contribution is 5.80. The van der Waals surface area contributed by atoms with Gasteiger partial charge in [-0.3, -0.25) is 0 Å². The summed E-state index contributed by atoms with van der Waals surface area (Å²) in [5.41, 5.74) is 1.28. The van der Waals surface area contributed by atoms with E-state index in [0.29, 0.717) is 5.56 Å². The lowest BCUT2D eigenvalue weighted by Gasteiger charge is -2.14. The number of nitrogens with one attached hydrogen (secondary N) is 1. The zero-order chi connectivity index (χ0) is 16.7. The van der Waals surface area contributed by atoms with E-state index >= 15 is 0 Å². The summed E-state index contributed by atoms with van der Waals surface area (Å²) < 4.78 is 17.7. The Kier molecular flexibility index (Phi) is 5.62. The monoisotopic (exact) mass is 318 g/mol. The minimum atomic E-state index is -1.22. The lowest BCUT2D eigenvalue weighted by Crippen LogP contribution is -2.42. The Balaban J connectivity index is 1.89. The average Bonchev–Trinajstić information content (AvgIpc) is 2.55. The lowest BCUT2D eigenvalue weighted by molar-refractivity contribution is -0.139. The van der Waals surface area contributed by atoms with Gasteiger partial charge in [0.25, 0.3) is 0 Å². The van der Waals surface area contributed by atoms with Crippen LogP contribution in [0.3, 0.4) is 0 Å². The molecular weight excluding hydrogens is 303 g/mol. The number of nitrogens with zero attached hydrogens (tertiary/aromatic N) is 1. The van der Waals surface area contributed by atoms with Crippen LogP contribution >= 0.6 is 0 Å². The SMILES string of the molecule is O=C(NC(Cc1ccc(F)nc1)C(=O)O)OCc1ccccc1. The van der Waals surface area contributed by atoms with Crippen molar-refractivity contribution in [2.24, 2.45) is 0 Å². The second-order valence-corrected chi connectivity index (χ2v) is 4.79. The van der Waals surface area contributed by atoms with E-state index in [4.69, 9.17) is 9.84 Å². The van der Waals surface area contributed by atoms with Gasteiger partial charge in [0, 0.05) is 12.6 Å². The molecule has 2 aromatic rings. The fraction of sp³-hybridized carbons (Fsp3) is 0.188. The van der Waals surface area contributed by atoms with Gasteiger partial charge < -0.3 is 15.2 Å². The molecule has 0 fully saturated rings. The highest BCUT2D eigenvalue weighted by Crippen LogP contribution is 2.05. The Morgan fingerprint density at radius 3 is 2.52 bits per heavy atom. The Morgan fingerprint density at radius 1 is 1.17 bits per heavy atom. The number of alkyl carbamates (subject to hydrolysis) is 1. The van der Waals surface area contributed by atoms with Gasteiger partial charge in [0.1, 0.15) is 12.6 Å². The van der Waals surface area contributed by atoms with Crippen molar-refractivity contribution in [3.05, 3.63) is 65.7 Å². The Hall–Kier alpha value is -2.96. The predicted molar refractivity (Wildman–Crippen MR) is 79.1 cm³/mol. The van der Waals surface area contributed by atoms with E-state index in [1.54, 1.807) is 24.3 Å². The summed E-state index contributed by atoms with van der Waals surface area (Å²) in [5.74, 6) is -1.87. The van der Waals surface area contributed by atoms with Crippen LogP contribution in [0.5, 0.6) is 0 Å². The number of aliphatic carboxylic acids is 1. The van der Waals surface area contributed by atoms with Crippen LogP contribution in [-0.2, 0) is 22.6 Å². The molecule has 0 saturated heterocycles. The quantitative estimate of drug-likeness (QED) is 0.797. The second-order valence-electron chi connectivity index (χ2n) is 4.79. The molecule has 1 amide bonds. The molecule has 0 bridgehead atoms. The van der Waals surface area contributed by atoms with Crippen molar-refractivity contribution < 1.29 is 23.8 Å². The molecule has 1 atom stereocenters. The first-order chi connectivity index (χ1) is 11.0. The van der Waals surface area contributed by atoms with Crippen molar-refractivity contribution in [2.75, 3.05) is 0 Å². The molecule has 0 aliphatic carbocycles. The molecular formula is C16H15FN2O4. The summed E-state index contributed by atoms with van der Waals surface area (Å²) in [6.07, 6.45) is 0.363. The van der Waals surface area contributed by atoms with Crippen LogP contribution in [0, 0.1) is 5.95 Å². The van der Waals surface area contributed by atoms with Crippen molar-refractivity contribution in [3.63, 3.8) is 0 Å². The minimum absolute atomic E-state index is 0.0248. The number of hydrogen-bond donors (Lipinski definition) is 2. The van der Waals surface area contributed by atoms with Gasteiger partial charge in [-0.2, -0.15) is 4.39 Å². The maximum atomic E-state index is 12.7. The van der Waals surface area contributed by atoms with E-state index in [0.717, 1.165) is 11.6 Å². The molecule has 6 nitrogen and oxygen atoms in total. The standard InChI is InChI=1S/C16H15FN2O4/c17-14-7-6-12(9-18-14)8-13(15(20)21)19-16(22)23-10-11-4-2-1-3-5-11/h1-7,9,13H,8,10H2,(H,19,22)(H,20,21). The van der Waals surface area contributed by atoms with E-state index in [1.807, 2.05) is 6.07 Å². The molecule has 1 heterocycles. The van der Waals surface area contributed by atoms with Crippen LogP contribution < -0.4 is 5.32 Å². The third-order valence-electron chi connectivity index (χ3n) is 3.03. The summed E-state index contributed by atoms with van der Waals surface area (Å²) in [7, 11) is 0. The molecule has 120 valence electrons. The number of carboxylic acids is 1. The maximum absolute atomic E-state index is 12.7. The molecule has 1 aromatic heterocycles. The molecule has 1 aromatic carbocycles. The van der Waals surface area contributed by atoms with Crippen LogP contribution in [-0.4, -0.2) is 28.2 Å². The molecule has 23 heavy (non-hydrogen) atoms. The number of carbonyl (C=O) groups is 2. The van der Waals surface area contributed by atoms with Gasteiger partial charge in [-0.1, -0.05) is 36.4 Å². The van der Waals surface area contributed by atoms with Crippen molar-refractivity contribution in [1.82, 2.24) is 10.3 Å². The summed E-state index contributed by atoms with van der Waals surface area (Å²) in [5, 5.41) is 11.4. The van der Waals surface area contributed by atoms with E-state index in [1.165, 1.54) is 12.3 Å². The number of carboxylic acid groups (broad SMARTS) is 1. The highest BCUT2D eigenvalue weighted by atomic mass is 19.1. The van der Waals surface area contributed by atoms with Gasteiger partial charge in [0.2, 0.25) is 5.95 Å². The molecule has 2 rings (SSSR count). The summed E-state index contributed by atoms with van der Waals surface area (Å²) in [4.78, 5) is 26.4. The number of amides is 1. The van der Waals surface area contributed by atoms with Crippen LogP contribution in [0.15, 0.2) is 48.7 Å². The van der Waals surface area contributed by atoms with Crippen molar-refractivity contribution in [1.29, 1.82) is 0 Å². The fourth-order valence-corrected chi connectivity index (χ4v) is 1.87. The number of carbonyl (C=O) groups excluding carboxylic acids is 1. The summed E-state index contributed by atoms with van der Waals surface area (Å²) in [6.45, 7) is 0.0388. The number of hydrogen-bond acceptors (Lipinski definition) is 4. The number of rotatable bonds is 6. The van der Waals surface area contributed by atoms with Gasteiger partial charge in [0.05, 0.1) is 0 Å². The Bertz CT molecular complexity index is 662. The zero-order valence-corrected chi connectivity index (χ0v) is 12.1. The third kappa shape index (κ3) is 5.39. The summed E-state index contributed by atoms with van der Waals surface area (Å²) in [6, 6.07) is 10.4. The van der Waals surface area contributed by atoms with E-state index in [9.17, 15) is 14.0 Å². The highest BCUT2D eigenvalue weighted by Gasteiger charge is 2.21. The average molecular weight is 318 g/mol. The van der Waals surface area contributed by atoms with Crippen molar-refractivity contribution >= 4 is 12.1 Å². The van der Waals surface area contributed by atoms with Gasteiger partial charge in [-0.15, -0.1) is 0 Å².